The van der Waals surface area contributed by atoms with Crippen LogP contribution in [0.4, 0.5) is 0 Å². The number of fused-ring (bicyclic) bond motifs is 1. The average molecular weight is 370 g/mol. The van der Waals surface area contributed by atoms with E-state index < -0.39 is 5.63 Å². The lowest BCUT2D eigenvalue weighted by molar-refractivity contribution is 0.415. The fourth-order valence-electron chi connectivity index (χ4n) is 3.16. The number of methoxy groups -OCH3 is 1. The van der Waals surface area contributed by atoms with Gasteiger partial charge in [-0.1, -0.05) is 54.6 Å². The number of rotatable bonds is 4. The smallest absolute Gasteiger partial charge is 0.344 e. The Balaban J connectivity index is 1.93. The van der Waals surface area contributed by atoms with Crippen molar-refractivity contribution in [1.29, 1.82) is 0 Å². The molecule has 3 aromatic carbocycles. The Hall–Kier alpha value is -3.79. The molecular formula is C24H18O4. The van der Waals surface area contributed by atoms with Crippen LogP contribution in [0.1, 0.15) is 11.1 Å². The largest absolute Gasteiger partial charge is 0.508 e. The Morgan fingerprint density at radius 2 is 1.68 bits per heavy atom. The predicted molar refractivity (Wildman–Crippen MR) is 112 cm³/mol. The van der Waals surface area contributed by atoms with E-state index in [4.69, 9.17) is 9.15 Å². The Labute approximate surface area is 162 Å². The van der Waals surface area contributed by atoms with E-state index in [0.29, 0.717) is 11.1 Å². The van der Waals surface area contributed by atoms with Gasteiger partial charge in [0.25, 0.3) is 0 Å². The highest BCUT2D eigenvalue weighted by Gasteiger charge is 2.15. The van der Waals surface area contributed by atoms with Crippen LogP contribution in [-0.4, -0.2) is 12.2 Å². The van der Waals surface area contributed by atoms with E-state index in [1.54, 1.807) is 19.2 Å². The molecular weight excluding hydrogens is 352 g/mol. The van der Waals surface area contributed by atoms with Gasteiger partial charge in [-0.3, -0.25) is 0 Å². The van der Waals surface area contributed by atoms with Gasteiger partial charge in [0.1, 0.15) is 17.1 Å². The molecule has 0 saturated heterocycles. The third kappa shape index (κ3) is 3.40. The van der Waals surface area contributed by atoms with E-state index in [9.17, 15) is 9.90 Å². The van der Waals surface area contributed by atoms with Crippen LogP contribution in [0.15, 0.2) is 82.0 Å². The van der Waals surface area contributed by atoms with Crippen LogP contribution in [0.25, 0.3) is 34.2 Å². The summed E-state index contributed by atoms with van der Waals surface area (Å²) in [5, 5.41) is 10.5. The fraction of sp³-hybridized carbons (Fsp3) is 0.0417. The standard InChI is InChI=1S/C24H18O4/c1-27-19-11-7-16(8-12-19)9-13-21-20-14-10-18(25)15-22(20)28-24(26)23(21)17-5-3-2-4-6-17/h2-15,25H,1H3/b13-9+. The van der Waals surface area contributed by atoms with Crippen LogP contribution in [-0.2, 0) is 0 Å². The van der Waals surface area contributed by atoms with E-state index in [0.717, 1.165) is 27.8 Å². The Bertz CT molecular complexity index is 1200. The average Bonchev–Trinajstić information content (AvgIpc) is 2.72. The van der Waals surface area contributed by atoms with Crippen molar-refractivity contribution in [3.8, 4) is 22.6 Å². The molecule has 0 aliphatic rings. The second kappa shape index (κ2) is 7.45. The maximum Gasteiger partial charge on any atom is 0.344 e. The van der Waals surface area contributed by atoms with Gasteiger partial charge in [-0.05, 0) is 35.4 Å². The molecule has 4 nitrogen and oxygen atoms in total. The van der Waals surface area contributed by atoms with Crippen molar-refractivity contribution < 1.29 is 14.3 Å². The zero-order valence-corrected chi connectivity index (χ0v) is 15.3. The molecule has 0 saturated carbocycles. The molecule has 0 bridgehead atoms. The molecule has 0 aliphatic carbocycles. The van der Waals surface area contributed by atoms with Crippen molar-refractivity contribution in [3.63, 3.8) is 0 Å². The summed E-state index contributed by atoms with van der Waals surface area (Å²) >= 11 is 0. The summed E-state index contributed by atoms with van der Waals surface area (Å²) in [4.78, 5) is 12.8. The maximum atomic E-state index is 12.8. The lowest BCUT2D eigenvalue weighted by Crippen LogP contribution is -2.06. The number of phenolic OH excluding ortho intramolecular Hbond substituents is 1. The minimum absolute atomic E-state index is 0.0493. The Morgan fingerprint density at radius 3 is 2.39 bits per heavy atom. The third-order valence-corrected chi connectivity index (χ3v) is 4.55. The molecule has 0 radical (unpaired) electrons. The van der Waals surface area contributed by atoms with E-state index in [1.807, 2.05) is 66.7 Å². The highest BCUT2D eigenvalue weighted by atomic mass is 16.5. The maximum absolute atomic E-state index is 12.8. The molecule has 4 aromatic rings. The summed E-state index contributed by atoms with van der Waals surface area (Å²) in [5.74, 6) is 0.830. The molecule has 28 heavy (non-hydrogen) atoms. The molecule has 0 unspecified atom stereocenters. The van der Waals surface area contributed by atoms with Crippen molar-refractivity contribution in [2.75, 3.05) is 7.11 Å². The van der Waals surface area contributed by atoms with Gasteiger partial charge in [-0.15, -0.1) is 0 Å². The van der Waals surface area contributed by atoms with Gasteiger partial charge in [0.15, 0.2) is 0 Å². The van der Waals surface area contributed by atoms with Crippen LogP contribution in [0.2, 0.25) is 0 Å². The normalized spacial score (nSPS) is 11.2. The first-order valence-corrected chi connectivity index (χ1v) is 8.83. The van der Waals surface area contributed by atoms with Gasteiger partial charge in [-0.25, -0.2) is 4.79 Å². The van der Waals surface area contributed by atoms with Crippen LogP contribution in [0.3, 0.4) is 0 Å². The third-order valence-electron chi connectivity index (χ3n) is 4.55. The molecule has 4 heteroatoms. The first-order chi connectivity index (χ1) is 13.7. The summed E-state index contributed by atoms with van der Waals surface area (Å²) in [7, 11) is 1.63. The molecule has 0 spiro atoms. The lowest BCUT2D eigenvalue weighted by atomic mass is 9.97. The van der Waals surface area contributed by atoms with Gasteiger partial charge in [0, 0.05) is 17.0 Å². The van der Waals surface area contributed by atoms with E-state index in [2.05, 4.69) is 0 Å². The minimum Gasteiger partial charge on any atom is -0.508 e. The van der Waals surface area contributed by atoms with Crippen molar-refractivity contribution in [2.45, 2.75) is 0 Å². The molecule has 1 heterocycles. The zero-order chi connectivity index (χ0) is 19.5. The van der Waals surface area contributed by atoms with Crippen LogP contribution in [0, 0.1) is 0 Å². The molecule has 0 amide bonds. The van der Waals surface area contributed by atoms with Crippen LogP contribution < -0.4 is 10.4 Å². The Morgan fingerprint density at radius 1 is 0.929 bits per heavy atom. The van der Waals surface area contributed by atoms with Crippen molar-refractivity contribution in [3.05, 3.63) is 94.3 Å². The highest BCUT2D eigenvalue weighted by molar-refractivity contribution is 5.96. The number of phenols is 1. The van der Waals surface area contributed by atoms with Gasteiger partial charge in [-0.2, -0.15) is 0 Å². The molecule has 1 aromatic heterocycles. The lowest BCUT2D eigenvalue weighted by Gasteiger charge is -2.09. The van der Waals surface area contributed by atoms with Crippen molar-refractivity contribution >= 4 is 23.1 Å². The summed E-state index contributed by atoms with van der Waals surface area (Å²) < 4.78 is 10.7. The highest BCUT2D eigenvalue weighted by Crippen LogP contribution is 2.31. The Kier molecular flexibility index (Phi) is 4.68. The summed E-state index contributed by atoms with van der Waals surface area (Å²) in [5.41, 5.74) is 2.88. The number of hydrogen-bond acceptors (Lipinski definition) is 4. The molecule has 0 aliphatic heterocycles. The SMILES string of the molecule is COc1ccc(/C=C/c2c(-c3ccccc3)c(=O)oc3cc(O)ccc23)cc1. The zero-order valence-electron chi connectivity index (χ0n) is 15.3. The minimum atomic E-state index is -0.446. The first kappa shape index (κ1) is 17.6. The second-order valence-corrected chi connectivity index (χ2v) is 6.33. The van der Waals surface area contributed by atoms with Crippen LogP contribution >= 0.6 is 0 Å². The van der Waals surface area contributed by atoms with Gasteiger partial charge < -0.3 is 14.3 Å². The van der Waals surface area contributed by atoms with Gasteiger partial charge in [0.2, 0.25) is 0 Å². The van der Waals surface area contributed by atoms with Gasteiger partial charge in [0.05, 0.1) is 12.7 Å². The topological polar surface area (TPSA) is 59.7 Å². The van der Waals surface area contributed by atoms with E-state index >= 15 is 0 Å². The number of aromatic hydroxyl groups is 1. The summed E-state index contributed by atoms with van der Waals surface area (Å²) in [6.07, 6.45) is 3.84. The van der Waals surface area contributed by atoms with E-state index in [-0.39, 0.29) is 5.75 Å². The van der Waals surface area contributed by atoms with Crippen molar-refractivity contribution in [2.24, 2.45) is 0 Å². The summed E-state index contributed by atoms with van der Waals surface area (Å²) in [6.45, 7) is 0. The molecule has 4 rings (SSSR count). The van der Waals surface area contributed by atoms with E-state index in [1.165, 1.54) is 6.07 Å². The number of benzene rings is 3. The summed E-state index contributed by atoms with van der Waals surface area (Å²) in [6, 6.07) is 21.9. The second-order valence-electron chi connectivity index (χ2n) is 6.33. The first-order valence-electron chi connectivity index (χ1n) is 8.83. The van der Waals surface area contributed by atoms with Crippen molar-refractivity contribution in [1.82, 2.24) is 0 Å². The van der Waals surface area contributed by atoms with Crippen LogP contribution in [0.5, 0.6) is 11.5 Å². The molecule has 0 atom stereocenters. The predicted octanol–water partition coefficient (Wildman–Crippen LogP) is 5.34. The number of ether oxygens (including phenoxy) is 1. The number of hydrogen-bond donors (Lipinski definition) is 1. The molecule has 138 valence electrons. The van der Waals surface area contributed by atoms with Gasteiger partial charge >= 0.3 is 5.63 Å². The monoisotopic (exact) mass is 370 g/mol. The molecule has 0 fully saturated rings. The fourth-order valence-corrected chi connectivity index (χ4v) is 3.16. The molecule has 1 N–H and O–H groups in total. The quantitative estimate of drug-likeness (QED) is 0.492.